The predicted octanol–water partition coefficient (Wildman–Crippen LogP) is 2.54. The molecule has 144 valence electrons. The Kier molecular flexibility index (Phi) is 4.96. The molecule has 0 amide bonds. The molecule has 4 rings (SSSR count). The molecule has 0 radical (unpaired) electrons. The van der Waals surface area contributed by atoms with E-state index in [1.807, 2.05) is 30.3 Å². The third-order valence-corrected chi connectivity index (χ3v) is 4.54. The minimum Gasteiger partial charge on any atom is -0.496 e. The van der Waals surface area contributed by atoms with Gasteiger partial charge in [0.25, 0.3) is 0 Å². The van der Waals surface area contributed by atoms with Gasteiger partial charge in [0.05, 0.1) is 13.2 Å². The van der Waals surface area contributed by atoms with Crippen molar-refractivity contribution in [2.75, 3.05) is 27.2 Å². The van der Waals surface area contributed by atoms with E-state index in [2.05, 4.69) is 4.90 Å². The molecule has 2 aliphatic heterocycles. The van der Waals surface area contributed by atoms with Crippen LogP contribution in [-0.4, -0.2) is 43.4 Å². The van der Waals surface area contributed by atoms with E-state index in [1.54, 1.807) is 14.0 Å². The first-order valence-electron chi connectivity index (χ1n) is 8.88. The van der Waals surface area contributed by atoms with Crippen molar-refractivity contribution in [2.24, 2.45) is 0 Å². The van der Waals surface area contributed by atoms with Crippen LogP contribution in [0, 0.1) is 0 Å². The zero-order chi connectivity index (χ0) is 18.8. The van der Waals surface area contributed by atoms with Gasteiger partial charge in [-0.2, -0.15) is 0 Å². The van der Waals surface area contributed by atoms with Crippen molar-refractivity contribution in [3.63, 3.8) is 0 Å². The Balaban J connectivity index is 1.56. The summed E-state index contributed by atoms with van der Waals surface area (Å²) in [6.45, 7) is 4.02. The summed E-state index contributed by atoms with van der Waals surface area (Å²) in [6.07, 6.45) is -0.459. The normalized spacial score (nSPS) is 15.3. The van der Waals surface area contributed by atoms with Gasteiger partial charge in [-0.25, -0.2) is 0 Å². The predicted molar refractivity (Wildman–Crippen MR) is 97.5 cm³/mol. The van der Waals surface area contributed by atoms with Gasteiger partial charge in [0.15, 0.2) is 23.0 Å². The molecule has 27 heavy (non-hydrogen) atoms. The van der Waals surface area contributed by atoms with Crippen LogP contribution in [0.3, 0.4) is 0 Å². The van der Waals surface area contributed by atoms with Crippen molar-refractivity contribution in [3.05, 3.63) is 41.5 Å². The lowest BCUT2D eigenvalue weighted by Gasteiger charge is -2.25. The van der Waals surface area contributed by atoms with Crippen LogP contribution in [0.1, 0.15) is 18.1 Å². The zero-order valence-corrected chi connectivity index (χ0v) is 15.4. The van der Waals surface area contributed by atoms with Crippen molar-refractivity contribution in [1.82, 2.24) is 4.90 Å². The average Bonchev–Trinajstić information content (AvgIpc) is 3.28. The number of benzene rings is 2. The van der Waals surface area contributed by atoms with Crippen LogP contribution in [-0.2, 0) is 13.1 Å². The smallest absolute Gasteiger partial charge is 0.231 e. The van der Waals surface area contributed by atoms with E-state index in [1.165, 1.54) is 0 Å². The van der Waals surface area contributed by atoms with Gasteiger partial charge in [0.2, 0.25) is 13.6 Å². The van der Waals surface area contributed by atoms with Crippen molar-refractivity contribution in [1.29, 1.82) is 0 Å². The second kappa shape index (κ2) is 7.54. The van der Waals surface area contributed by atoms with Gasteiger partial charge in [-0.3, -0.25) is 4.90 Å². The number of hydrogen-bond acceptors (Lipinski definition) is 7. The lowest BCUT2D eigenvalue weighted by atomic mass is 10.1. The van der Waals surface area contributed by atoms with Gasteiger partial charge in [0.1, 0.15) is 5.75 Å². The standard InChI is InChI=1S/C20H23NO6/c1-13(22)8-21(9-14-3-4-16-18(5-14)25-11-24-16)10-15-6-19-20(27-12-26-19)7-17(15)23-2/h3-7,13,22H,8-12H2,1-2H3/t13-/m0/s1. The highest BCUT2D eigenvalue weighted by Gasteiger charge is 2.21. The Labute approximate surface area is 158 Å². The highest BCUT2D eigenvalue weighted by Crippen LogP contribution is 2.39. The van der Waals surface area contributed by atoms with Crippen LogP contribution >= 0.6 is 0 Å². The van der Waals surface area contributed by atoms with Gasteiger partial charge in [-0.15, -0.1) is 0 Å². The van der Waals surface area contributed by atoms with Crippen LogP contribution in [0.2, 0.25) is 0 Å². The van der Waals surface area contributed by atoms with E-state index in [9.17, 15) is 5.11 Å². The number of hydrogen-bond donors (Lipinski definition) is 1. The third kappa shape index (κ3) is 3.89. The maximum absolute atomic E-state index is 9.95. The van der Waals surface area contributed by atoms with Crippen LogP contribution in [0.15, 0.2) is 30.3 Å². The minimum atomic E-state index is -0.459. The lowest BCUT2D eigenvalue weighted by Crippen LogP contribution is -2.30. The monoisotopic (exact) mass is 373 g/mol. The van der Waals surface area contributed by atoms with E-state index >= 15 is 0 Å². The molecule has 0 unspecified atom stereocenters. The Hall–Kier alpha value is -2.64. The zero-order valence-electron chi connectivity index (χ0n) is 15.4. The fourth-order valence-electron chi connectivity index (χ4n) is 3.38. The number of aliphatic hydroxyl groups excluding tert-OH is 1. The highest BCUT2D eigenvalue weighted by atomic mass is 16.7. The summed E-state index contributed by atoms with van der Waals surface area (Å²) in [5.41, 5.74) is 2.06. The van der Waals surface area contributed by atoms with Crippen molar-refractivity contribution in [2.45, 2.75) is 26.1 Å². The van der Waals surface area contributed by atoms with Crippen LogP contribution in [0.25, 0.3) is 0 Å². The first kappa shape index (κ1) is 17.8. The first-order valence-corrected chi connectivity index (χ1v) is 8.88. The summed E-state index contributed by atoms with van der Waals surface area (Å²) in [7, 11) is 1.64. The van der Waals surface area contributed by atoms with E-state index in [0.717, 1.165) is 28.4 Å². The van der Waals surface area contributed by atoms with Crippen LogP contribution in [0.5, 0.6) is 28.7 Å². The molecule has 2 heterocycles. The maximum Gasteiger partial charge on any atom is 0.231 e. The van der Waals surface area contributed by atoms with Crippen molar-refractivity contribution in [3.8, 4) is 28.7 Å². The summed E-state index contributed by atoms with van der Waals surface area (Å²) in [5.74, 6) is 3.66. The number of ether oxygens (including phenoxy) is 5. The molecule has 1 atom stereocenters. The number of rotatable bonds is 7. The van der Waals surface area contributed by atoms with Gasteiger partial charge >= 0.3 is 0 Å². The summed E-state index contributed by atoms with van der Waals surface area (Å²) >= 11 is 0. The molecule has 0 aromatic heterocycles. The Bertz CT molecular complexity index is 822. The molecular formula is C20H23NO6. The van der Waals surface area contributed by atoms with Crippen molar-refractivity contribution < 1.29 is 28.8 Å². The van der Waals surface area contributed by atoms with Gasteiger partial charge in [-0.1, -0.05) is 6.07 Å². The molecular weight excluding hydrogens is 350 g/mol. The molecule has 0 saturated heterocycles. The molecule has 7 heteroatoms. The molecule has 0 spiro atoms. The van der Waals surface area contributed by atoms with Gasteiger partial charge in [-0.05, 0) is 30.7 Å². The average molecular weight is 373 g/mol. The lowest BCUT2D eigenvalue weighted by molar-refractivity contribution is 0.117. The van der Waals surface area contributed by atoms with E-state index in [-0.39, 0.29) is 13.6 Å². The van der Waals surface area contributed by atoms with Crippen molar-refractivity contribution >= 4 is 0 Å². The second-order valence-electron chi connectivity index (χ2n) is 6.72. The second-order valence-corrected chi connectivity index (χ2v) is 6.72. The van der Waals surface area contributed by atoms with E-state index in [4.69, 9.17) is 23.7 Å². The van der Waals surface area contributed by atoms with E-state index < -0.39 is 6.10 Å². The topological polar surface area (TPSA) is 69.6 Å². The fraction of sp³-hybridized carbons (Fsp3) is 0.400. The Morgan fingerprint density at radius 3 is 2.33 bits per heavy atom. The SMILES string of the molecule is COc1cc2c(cc1CN(Cc1ccc3c(c1)OCO3)C[C@H](C)O)OCO2. The Morgan fingerprint density at radius 1 is 0.963 bits per heavy atom. The quantitative estimate of drug-likeness (QED) is 0.800. The minimum absolute atomic E-state index is 0.219. The van der Waals surface area contributed by atoms with Gasteiger partial charge in [0, 0.05) is 31.3 Å². The first-order chi connectivity index (χ1) is 13.1. The number of fused-ring (bicyclic) bond motifs is 2. The highest BCUT2D eigenvalue weighted by molar-refractivity contribution is 5.52. The summed E-state index contributed by atoms with van der Waals surface area (Å²) < 4.78 is 27.3. The molecule has 2 aromatic carbocycles. The molecule has 0 fully saturated rings. The number of aliphatic hydroxyl groups is 1. The van der Waals surface area contributed by atoms with Gasteiger partial charge < -0.3 is 28.8 Å². The fourth-order valence-corrected chi connectivity index (χ4v) is 3.38. The molecule has 7 nitrogen and oxygen atoms in total. The third-order valence-electron chi connectivity index (χ3n) is 4.54. The molecule has 1 N–H and O–H groups in total. The largest absolute Gasteiger partial charge is 0.496 e. The van der Waals surface area contributed by atoms with Crippen LogP contribution < -0.4 is 23.7 Å². The summed E-state index contributed by atoms with van der Waals surface area (Å²) in [6, 6.07) is 9.70. The van der Waals surface area contributed by atoms with E-state index in [0.29, 0.717) is 31.1 Å². The maximum atomic E-state index is 9.95. The molecule has 0 bridgehead atoms. The Morgan fingerprint density at radius 2 is 1.63 bits per heavy atom. The summed E-state index contributed by atoms with van der Waals surface area (Å²) in [4.78, 5) is 2.16. The number of nitrogens with zero attached hydrogens (tertiary/aromatic N) is 1. The molecule has 0 saturated carbocycles. The molecule has 0 aliphatic carbocycles. The molecule has 2 aliphatic rings. The van der Waals surface area contributed by atoms with Crippen LogP contribution in [0.4, 0.5) is 0 Å². The summed E-state index contributed by atoms with van der Waals surface area (Å²) in [5, 5.41) is 9.95. The molecule has 2 aromatic rings. The number of methoxy groups -OCH3 is 1.